The summed E-state index contributed by atoms with van der Waals surface area (Å²) in [6, 6.07) is 6.74. The van der Waals surface area contributed by atoms with Crippen molar-refractivity contribution in [3.05, 3.63) is 47.9 Å². The van der Waals surface area contributed by atoms with Crippen LogP contribution in [0.3, 0.4) is 0 Å². The summed E-state index contributed by atoms with van der Waals surface area (Å²) in [4.78, 5) is 5.60. The van der Waals surface area contributed by atoms with Gasteiger partial charge in [0.15, 0.2) is 0 Å². The summed E-state index contributed by atoms with van der Waals surface area (Å²) in [6.45, 7) is 1.07. The van der Waals surface area contributed by atoms with Crippen LogP contribution in [0.5, 0.6) is 0 Å². The van der Waals surface area contributed by atoms with Crippen LogP contribution >= 0.6 is 12.0 Å². The van der Waals surface area contributed by atoms with E-state index in [1.165, 1.54) is 34.1 Å². The molecule has 1 unspecified atom stereocenters. The first-order valence-corrected chi connectivity index (χ1v) is 7.84. The van der Waals surface area contributed by atoms with Crippen molar-refractivity contribution in [2.75, 3.05) is 26.4 Å². The highest BCUT2D eigenvalue weighted by Crippen LogP contribution is 2.30. The van der Waals surface area contributed by atoms with E-state index in [1.807, 2.05) is 0 Å². The van der Waals surface area contributed by atoms with Crippen LogP contribution in [-0.2, 0) is 10.6 Å². The highest BCUT2D eigenvalue weighted by Gasteiger charge is 2.14. The van der Waals surface area contributed by atoms with Crippen molar-refractivity contribution in [1.29, 1.82) is 0 Å². The molecular formula is C16H20N2OS. The molecule has 20 heavy (non-hydrogen) atoms. The van der Waals surface area contributed by atoms with Gasteiger partial charge in [-0.1, -0.05) is 6.07 Å². The quantitative estimate of drug-likeness (QED) is 0.872. The van der Waals surface area contributed by atoms with Gasteiger partial charge in [0, 0.05) is 35.3 Å². The summed E-state index contributed by atoms with van der Waals surface area (Å²) in [5, 5.41) is 1.36. The predicted octanol–water partition coefficient (Wildman–Crippen LogP) is 3.55. The van der Waals surface area contributed by atoms with Gasteiger partial charge in [0.25, 0.3) is 0 Å². The van der Waals surface area contributed by atoms with E-state index in [0.29, 0.717) is 5.92 Å². The Morgan fingerprint density at radius 3 is 3.05 bits per heavy atom. The van der Waals surface area contributed by atoms with Crippen LogP contribution in [0.4, 0.5) is 0 Å². The van der Waals surface area contributed by atoms with Crippen LogP contribution in [0.25, 0.3) is 10.9 Å². The van der Waals surface area contributed by atoms with Crippen LogP contribution < -0.4 is 0 Å². The number of fused-ring (bicyclic) bond motifs is 1. The highest BCUT2D eigenvalue weighted by atomic mass is 32.2. The summed E-state index contributed by atoms with van der Waals surface area (Å²) >= 11 is 1.52. The number of benzene rings is 1. The molecule has 1 aromatic heterocycles. The first kappa shape index (κ1) is 13.6. The summed E-state index contributed by atoms with van der Waals surface area (Å²) in [5.41, 5.74) is 4.00. The molecule has 1 aromatic carbocycles. The number of hydrogen-bond acceptors (Lipinski definition) is 3. The minimum absolute atomic E-state index is 0.453. The molecule has 3 nitrogen and oxygen atoms in total. The third-order valence-electron chi connectivity index (χ3n) is 3.73. The highest BCUT2D eigenvalue weighted by molar-refractivity contribution is 7.94. The zero-order chi connectivity index (χ0) is 13.9. The van der Waals surface area contributed by atoms with Crippen molar-refractivity contribution in [3.8, 4) is 0 Å². The van der Waals surface area contributed by atoms with E-state index in [-0.39, 0.29) is 0 Å². The predicted molar refractivity (Wildman–Crippen MR) is 86.0 cm³/mol. The number of nitrogens with zero attached hydrogens (tertiary/aromatic N) is 1. The summed E-state index contributed by atoms with van der Waals surface area (Å²) in [7, 11) is 4.23. The van der Waals surface area contributed by atoms with Crippen LogP contribution in [0.15, 0.2) is 36.7 Å². The van der Waals surface area contributed by atoms with Gasteiger partial charge in [-0.3, -0.25) is 0 Å². The lowest BCUT2D eigenvalue weighted by Gasteiger charge is -2.16. The topological polar surface area (TPSA) is 28.3 Å². The zero-order valence-electron chi connectivity index (χ0n) is 11.9. The van der Waals surface area contributed by atoms with E-state index in [9.17, 15) is 0 Å². The van der Waals surface area contributed by atoms with Gasteiger partial charge in [-0.2, -0.15) is 0 Å². The van der Waals surface area contributed by atoms with Gasteiger partial charge < -0.3 is 14.1 Å². The van der Waals surface area contributed by atoms with Gasteiger partial charge in [0.1, 0.15) is 0 Å². The smallest absolute Gasteiger partial charge is 0.0976 e. The Labute approximate surface area is 124 Å². The molecule has 0 fully saturated rings. The van der Waals surface area contributed by atoms with E-state index in [2.05, 4.69) is 54.5 Å². The Kier molecular flexibility index (Phi) is 4.03. The van der Waals surface area contributed by atoms with Gasteiger partial charge in [-0.25, -0.2) is 0 Å². The third-order valence-corrected chi connectivity index (χ3v) is 4.47. The van der Waals surface area contributed by atoms with Crippen molar-refractivity contribution in [1.82, 2.24) is 9.88 Å². The second-order valence-electron chi connectivity index (χ2n) is 5.49. The molecule has 0 amide bonds. The van der Waals surface area contributed by atoms with Crippen LogP contribution in [-0.4, -0.2) is 36.3 Å². The molecule has 0 saturated carbocycles. The fraction of sp³-hybridized carbons (Fsp3) is 0.375. The lowest BCUT2D eigenvalue weighted by molar-refractivity contribution is 0.414. The molecule has 0 spiro atoms. The van der Waals surface area contributed by atoms with Crippen LogP contribution in [0.1, 0.15) is 17.0 Å². The molecule has 1 atom stereocenters. The second kappa shape index (κ2) is 5.94. The molecule has 0 saturated heterocycles. The Bertz CT molecular complexity index is 618. The number of likely N-dealkylation sites (N-methyl/N-ethyl adjacent to an activating group) is 1. The van der Waals surface area contributed by atoms with Crippen molar-refractivity contribution in [3.63, 3.8) is 0 Å². The van der Waals surface area contributed by atoms with E-state index in [4.69, 9.17) is 4.18 Å². The molecule has 4 heteroatoms. The summed E-state index contributed by atoms with van der Waals surface area (Å²) < 4.78 is 5.21. The van der Waals surface area contributed by atoms with Crippen molar-refractivity contribution >= 4 is 22.9 Å². The van der Waals surface area contributed by atoms with Gasteiger partial charge in [0.05, 0.1) is 18.3 Å². The fourth-order valence-electron chi connectivity index (χ4n) is 2.52. The largest absolute Gasteiger partial charge is 0.434 e. The van der Waals surface area contributed by atoms with E-state index < -0.39 is 0 Å². The number of aromatic nitrogens is 1. The number of nitrogens with one attached hydrogen (secondary N) is 1. The minimum atomic E-state index is 0.453. The van der Waals surface area contributed by atoms with Crippen LogP contribution in [0, 0.1) is 0 Å². The Morgan fingerprint density at radius 1 is 1.40 bits per heavy atom. The van der Waals surface area contributed by atoms with Gasteiger partial charge >= 0.3 is 0 Å². The number of rotatable bonds is 4. The Balaban J connectivity index is 1.90. The van der Waals surface area contributed by atoms with Gasteiger partial charge in [0.2, 0.25) is 0 Å². The van der Waals surface area contributed by atoms with Crippen molar-refractivity contribution in [2.45, 2.75) is 12.3 Å². The number of H-pyrrole nitrogens is 1. The zero-order valence-corrected chi connectivity index (χ0v) is 12.7. The SMILES string of the molecule is CN(C)CCc1c[nH]c2ccc(C3C=COSC3)cc12. The maximum atomic E-state index is 5.21. The molecule has 0 aliphatic carbocycles. The average Bonchev–Trinajstić information content (AvgIpc) is 2.88. The molecule has 106 valence electrons. The summed E-state index contributed by atoms with van der Waals surface area (Å²) in [6.07, 6.45) is 7.16. The molecule has 1 aliphatic rings. The van der Waals surface area contributed by atoms with E-state index in [0.717, 1.165) is 18.7 Å². The lowest BCUT2D eigenvalue weighted by Crippen LogP contribution is -2.14. The van der Waals surface area contributed by atoms with Crippen molar-refractivity contribution < 1.29 is 4.18 Å². The molecule has 2 heterocycles. The van der Waals surface area contributed by atoms with Gasteiger partial charge in [-0.15, -0.1) is 0 Å². The monoisotopic (exact) mass is 288 g/mol. The van der Waals surface area contributed by atoms with Crippen LogP contribution in [0.2, 0.25) is 0 Å². The third kappa shape index (κ3) is 2.86. The van der Waals surface area contributed by atoms with Gasteiger partial charge in [-0.05, 0) is 49.9 Å². The molecule has 0 bridgehead atoms. The van der Waals surface area contributed by atoms with E-state index in [1.54, 1.807) is 6.26 Å². The molecule has 2 aromatic rings. The first-order chi connectivity index (χ1) is 9.74. The molecule has 1 aliphatic heterocycles. The molecule has 1 N–H and O–H groups in total. The minimum Gasteiger partial charge on any atom is -0.434 e. The first-order valence-electron chi connectivity index (χ1n) is 6.93. The molecule has 3 rings (SSSR count). The normalized spacial score (nSPS) is 18.6. The van der Waals surface area contributed by atoms with Crippen molar-refractivity contribution in [2.24, 2.45) is 0 Å². The number of hydrogen-bond donors (Lipinski definition) is 1. The lowest BCUT2D eigenvalue weighted by atomic mass is 9.98. The maximum Gasteiger partial charge on any atom is 0.0976 e. The number of aromatic amines is 1. The average molecular weight is 288 g/mol. The molecular weight excluding hydrogens is 268 g/mol. The Morgan fingerprint density at radius 2 is 2.30 bits per heavy atom. The summed E-state index contributed by atoms with van der Waals surface area (Å²) in [5.74, 6) is 1.44. The second-order valence-corrected chi connectivity index (χ2v) is 6.25. The van der Waals surface area contributed by atoms with E-state index >= 15 is 0 Å². The molecule has 0 radical (unpaired) electrons. The fourth-order valence-corrected chi connectivity index (χ4v) is 3.19. The standard InChI is InChI=1S/C16H20N2OS/c1-18(2)7-5-13-10-17-16-4-3-12(9-15(13)16)14-6-8-19-20-11-14/h3-4,6,8-10,14,17H,5,7,11H2,1-2H3. The number of allylic oxidation sites excluding steroid dienone is 1. The Hall–Kier alpha value is -1.39. The maximum absolute atomic E-state index is 5.21.